The summed E-state index contributed by atoms with van der Waals surface area (Å²) in [7, 11) is 3.05. The van der Waals surface area contributed by atoms with Crippen molar-refractivity contribution < 1.29 is 23.1 Å². The van der Waals surface area contributed by atoms with E-state index >= 15 is 0 Å². The number of alkyl halides is 2. The molecular formula is C28H31ClF2N6O3. The number of halogens is 3. The summed E-state index contributed by atoms with van der Waals surface area (Å²) in [4.78, 5) is 33.2. The van der Waals surface area contributed by atoms with Crippen molar-refractivity contribution in [1.82, 2.24) is 19.7 Å². The molecule has 0 spiro atoms. The fraction of sp³-hybridized carbons (Fsp3) is 0.393. The Labute approximate surface area is 235 Å². The number of nitrogens with zero attached hydrogens (tertiary/aromatic N) is 5. The number of hydrogen-bond donors (Lipinski definition) is 1. The van der Waals surface area contributed by atoms with Crippen molar-refractivity contribution in [1.29, 1.82) is 0 Å². The highest BCUT2D eigenvalue weighted by molar-refractivity contribution is 6.31. The number of benzene rings is 1. The number of fused-ring (bicyclic) bond motifs is 1. The Balaban J connectivity index is 1.44. The van der Waals surface area contributed by atoms with Crippen LogP contribution in [-0.4, -0.2) is 64.5 Å². The highest BCUT2D eigenvalue weighted by Gasteiger charge is 2.51. The SMILES string of the molecule is COC(=O)C(CC(=C/N)/C=N/C(F)F)N(C=O)CC[C@]1(C)CC1c1ccc(-c2cnc3nn(C)cc3c2)cc1Cl. The van der Waals surface area contributed by atoms with Gasteiger partial charge in [0.1, 0.15) is 6.04 Å². The number of hydrogen-bond acceptors (Lipinski definition) is 7. The first-order chi connectivity index (χ1) is 19.1. The summed E-state index contributed by atoms with van der Waals surface area (Å²) in [6.07, 6.45) is 7.59. The molecule has 1 fully saturated rings. The summed E-state index contributed by atoms with van der Waals surface area (Å²) < 4.78 is 31.6. The minimum Gasteiger partial charge on any atom is -0.467 e. The van der Waals surface area contributed by atoms with Gasteiger partial charge < -0.3 is 15.4 Å². The Hall–Kier alpha value is -3.86. The van der Waals surface area contributed by atoms with E-state index in [-0.39, 0.29) is 29.9 Å². The molecule has 1 saturated carbocycles. The van der Waals surface area contributed by atoms with Crippen LogP contribution in [0.15, 0.2) is 53.4 Å². The van der Waals surface area contributed by atoms with Crippen molar-refractivity contribution in [3.63, 3.8) is 0 Å². The maximum atomic E-state index is 12.5. The lowest BCUT2D eigenvalue weighted by atomic mass is 9.95. The summed E-state index contributed by atoms with van der Waals surface area (Å²) in [6.45, 7) is -0.548. The topological polar surface area (TPSA) is 116 Å². The molecule has 12 heteroatoms. The van der Waals surface area contributed by atoms with Crippen molar-refractivity contribution in [2.24, 2.45) is 23.2 Å². The number of aryl methyl sites for hydroxylation is 1. The molecule has 0 bridgehead atoms. The summed E-state index contributed by atoms with van der Waals surface area (Å²) in [5.74, 6) is -0.497. The second-order valence-electron chi connectivity index (χ2n) is 10.2. The Bertz CT molecular complexity index is 1460. The van der Waals surface area contributed by atoms with E-state index in [1.807, 2.05) is 37.5 Å². The third kappa shape index (κ3) is 6.47. The predicted molar refractivity (Wildman–Crippen MR) is 149 cm³/mol. The fourth-order valence-corrected chi connectivity index (χ4v) is 5.34. The number of esters is 1. The highest BCUT2D eigenvalue weighted by Crippen LogP contribution is 2.62. The zero-order valence-electron chi connectivity index (χ0n) is 22.4. The monoisotopic (exact) mass is 572 g/mol. The Kier molecular flexibility index (Phi) is 8.82. The van der Waals surface area contributed by atoms with Crippen LogP contribution in [-0.2, 0) is 21.4 Å². The Morgan fingerprint density at radius 1 is 1.38 bits per heavy atom. The molecule has 2 N–H and O–H groups in total. The molecule has 0 aliphatic heterocycles. The number of amides is 1. The van der Waals surface area contributed by atoms with Crippen LogP contribution in [0, 0.1) is 5.41 Å². The molecule has 1 aliphatic carbocycles. The number of rotatable bonds is 12. The molecular weight excluding hydrogens is 542 g/mol. The molecule has 2 aromatic heterocycles. The third-order valence-corrected chi connectivity index (χ3v) is 7.81. The van der Waals surface area contributed by atoms with E-state index in [1.54, 1.807) is 10.9 Å². The lowest BCUT2D eigenvalue weighted by molar-refractivity contribution is -0.149. The molecule has 4 rings (SSSR count). The second-order valence-corrected chi connectivity index (χ2v) is 10.6. The summed E-state index contributed by atoms with van der Waals surface area (Å²) in [5, 5.41) is 5.89. The molecule has 2 unspecified atom stereocenters. The van der Waals surface area contributed by atoms with E-state index in [2.05, 4.69) is 22.0 Å². The van der Waals surface area contributed by atoms with Crippen LogP contribution in [0.5, 0.6) is 0 Å². The average molecular weight is 573 g/mol. The maximum Gasteiger partial charge on any atom is 0.331 e. The Morgan fingerprint density at radius 2 is 2.15 bits per heavy atom. The lowest BCUT2D eigenvalue weighted by Gasteiger charge is -2.28. The van der Waals surface area contributed by atoms with Crippen molar-refractivity contribution in [2.75, 3.05) is 13.7 Å². The Morgan fingerprint density at radius 3 is 2.80 bits per heavy atom. The molecule has 1 aliphatic rings. The van der Waals surface area contributed by atoms with Crippen molar-refractivity contribution in [3.05, 3.63) is 59.0 Å². The number of carbonyl (C=O) groups is 2. The van der Waals surface area contributed by atoms with Gasteiger partial charge in [0.05, 0.1) is 7.11 Å². The van der Waals surface area contributed by atoms with E-state index in [0.29, 0.717) is 23.5 Å². The number of ether oxygens (including phenoxy) is 1. The molecule has 40 heavy (non-hydrogen) atoms. The quantitative estimate of drug-likeness (QED) is 0.146. The molecule has 212 valence electrons. The number of methoxy groups -OCH3 is 1. The minimum absolute atomic E-state index is 0.106. The van der Waals surface area contributed by atoms with Crippen LogP contribution >= 0.6 is 11.6 Å². The predicted octanol–water partition coefficient (Wildman–Crippen LogP) is 4.70. The number of aliphatic imine (C=N–C) groups is 1. The van der Waals surface area contributed by atoms with Crippen molar-refractivity contribution >= 4 is 41.2 Å². The van der Waals surface area contributed by atoms with Crippen LogP contribution in [0.4, 0.5) is 8.78 Å². The first-order valence-electron chi connectivity index (χ1n) is 12.7. The van der Waals surface area contributed by atoms with Gasteiger partial charge in [0.2, 0.25) is 6.41 Å². The van der Waals surface area contributed by atoms with E-state index in [0.717, 1.165) is 40.9 Å². The molecule has 0 radical (unpaired) electrons. The smallest absolute Gasteiger partial charge is 0.331 e. The van der Waals surface area contributed by atoms with E-state index in [9.17, 15) is 18.4 Å². The van der Waals surface area contributed by atoms with Gasteiger partial charge >= 0.3 is 12.5 Å². The standard InChI is InChI=1S/C28H31ClF2N6O3/c1-28(6-7-37(16-38)24(26(39)40-3)8-17(12-32)13-34-27(30)31)11-22(28)21-5-4-18(10-23(21)29)19-9-20-15-36(2)35-25(20)33-14-19/h4-5,9-10,12-16,22,24,27H,6-8,11,32H2,1-3H3/b17-12-,34-13+/t22?,24?,28-/m1/s1. The van der Waals surface area contributed by atoms with Gasteiger partial charge in [-0.15, -0.1) is 0 Å². The van der Waals surface area contributed by atoms with Gasteiger partial charge in [-0.25, -0.2) is 14.8 Å². The molecule has 9 nitrogen and oxygen atoms in total. The second kappa shape index (κ2) is 12.1. The summed E-state index contributed by atoms with van der Waals surface area (Å²) >= 11 is 6.74. The molecule has 0 saturated heterocycles. The number of nitrogens with two attached hydrogens (primary N) is 1. The van der Waals surface area contributed by atoms with E-state index in [4.69, 9.17) is 22.1 Å². The molecule has 2 heterocycles. The van der Waals surface area contributed by atoms with Crippen LogP contribution in [0.3, 0.4) is 0 Å². The number of pyridine rings is 1. The zero-order chi connectivity index (χ0) is 29.0. The third-order valence-electron chi connectivity index (χ3n) is 7.48. The van der Waals surface area contributed by atoms with Crippen LogP contribution in [0.25, 0.3) is 22.2 Å². The van der Waals surface area contributed by atoms with E-state index in [1.165, 1.54) is 12.0 Å². The summed E-state index contributed by atoms with van der Waals surface area (Å²) in [6, 6.07) is 6.97. The normalized spacial score (nSPS) is 19.8. The van der Waals surface area contributed by atoms with E-state index < -0.39 is 18.6 Å². The fourth-order valence-electron chi connectivity index (χ4n) is 5.03. The average Bonchev–Trinajstić information content (AvgIpc) is 3.44. The van der Waals surface area contributed by atoms with Gasteiger partial charge in [-0.1, -0.05) is 30.7 Å². The molecule has 1 aromatic carbocycles. The van der Waals surface area contributed by atoms with Crippen LogP contribution in [0.2, 0.25) is 5.02 Å². The van der Waals surface area contributed by atoms with Crippen LogP contribution in [0.1, 0.15) is 37.7 Å². The maximum absolute atomic E-state index is 12.5. The van der Waals surface area contributed by atoms with Gasteiger partial charge in [-0.3, -0.25) is 9.48 Å². The van der Waals surface area contributed by atoms with Crippen molar-refractivity contribution in [2.45, 2.75) is 44.7 Å². The molecule has 3 aromatic rings. The largest absolute Gasteiger partial charge is 0.467 e. The minimum atomic E-state index is -2.91. The molecule has 1 amide bonds. The van der Waals surface area contributed by atoms with Gasteiger partial charge in [0.15, 0.2) is 5.65 Å². The lowest BCUT2D eigenvalue weighted by Crippen LogP contribution is -2.42. The van der Waals surface area contributed by atoms with Gasteiger partial charge in [-0.2, -0.15) is 13.9 Å². The molecule has 3 atom stereocenters. The summed E-state index contributed by atoms with van der Waals surface area (Å²) in [5.41, 5.74) is 9.15. The zero-order valence-corrected chi connectivity index (χ0v) is 23.2. The number of aromatic nitrogens is 3. The van der Waals surface area contributed by atoms with Crippen molar-refractivity contribution in [3.8, 4) is 11.1 Å². The first-order valence-corrected chi connectivity index (χ1v) is 13.1. The van der Waals surface area contributed by atoms with Gasteiger partial charge in [0, 0.05) is 54.6 Å². The van der Waals surface area contributed by atoms with Crippen LogP contribution < -0.4 is 5.73 Å². The van der Waals surface area contributed by atoms with Gasteiger partial charge in [0.25, 0.3) is 0 Å². The van der Waals surface area contributed by atoms with Gasteiger partial charge in [-0.05, 0) is 59.2 Å². The first kappa shape index (κ1) is 29.1. The highest BCUT2D eigenvalue weighted by atomic mass is 35.5. The number of carbonyl (C=O) groups excluding carboxylic acids is 2.